The van der Waals surface area contributed by atoms with Crippen LogP contribution in [0, 0.1) is 5.92 Å². The summed E-state index contributed by atoms with van der Waals surface area (Å²) in [6, 6.07) is 0. The molecule has 0 aliphatic heterocycles. The smallest absolute Gasteiger partial charge is 0.233 e. The molecular formula is C12H26N2O2. The van der Waals surface area contributed by atoms with Gasteiger partial charge in [0.25, 0.3) is 0 Å². The number of ether oxygens (including phenoxy) is 1. The highest BCUT2D eigenvalue weighted by Crippen LogP contribution is 2.01. The third kappa shape index (κ3) is 11.5. The number of carbonyl (C=O) groups excluding carboxylic acids is 1. The molecule has 0 aromatic heterocycles. The van der Waals surface area contributed by atoms with Crippen LogP contribution < -0.4 is 10.6 Å². The average Bonchev–Trinajstić information content (AvgIpc) is 2.23. The molecule has 0 rings (SSSR count). The highest BCUT2D eigenvalue weighted by Gasteiger charge is 1.99. The molecule has 4 nitrogen and oxygen atoms in total. The van der Waals surface area contributed by atoms with Crippen LogP contribution in [0.4, 0.5) is 0 Å². The van der Waals surface area contributed by atoms with Gasteiger partial charge in [0.1, 0.15) is 0 Å². The molecule has 0 radical (unpaired) electrons. The molecule has 0 aliphatic carbocycles. The molecule has 0 unspecified atom stereocenters. The summed E-state index contributed by atoms with van der Waals surface area (Å²) in [4.78, 5) is 11.3. The Hall–Kier alpha value is -0.610. The maximum Gasteiger partial charge on any atom is 0.233 e. The molecule has 1 amide bonds. The Labute approximate surface area is 99.1 Å². The number of methoxy groups -OCH3 is 1. The van der Waals surface area contributed by atoms with Crippen LogP contribution in [0.5, 0.6) is 0 Å². The van der Waals surface area contributed by atoms with E-state index in [1.807, 2.05) is 0 Å². The van der Waals surface area contributed by atoms with Crippen LogP contribution in [0.2, 0.25) is 0 Å². The van der Waals surface area contributed by atoms with E-state index in [1.165, 1.54) is 6.42 Å². The lowest BCUT2D eigenvalue weighted by Gasteiger charge is -2.07. The zero-order chi connectivity index (χ0) is 12.2. The summed E-state index contributed by atoms with van der Waals surface area (Å²) in [5, 5.41) is 5.97. The number of rotatable bonds is 10. The zero-order valence-electron chi connectivity index (χ0n) is 10.8. The van der Waals surface area contributed by atoms with E-state index < -0.39 is 0 Å². The fourth-order valence-corrected chi connectivity index (χ4v) is 1.34. The molecule has 2 N–H and O–H groups in total. The lowest BCUT2D eigenvalue weighted by Crippen LogP contribution is -2.35. The largest absolute Gasteiger partial charge is 0.385 e. The van der Waals surface area contributed by atoms with Gasteiger partial charge in [-0.15, -0.1) is 0 Å². The van der Waals surface area contributed by atoms with Gasteiger partial charge in [-0.1, -0.05) is 13.8 Å². The van der Waals surface area contributed by atoms with Crippen molar-refractivity contribution in [2.24, 2.45) is 5.92 Å². The highest BCUT2D eigenvalue weighted by atomic mass is 16.5. The van der Waals surface area contributed by atoms with Gasteiger partial charge in [-0.2, -0.15) is 0 Å². The fraction of sp³-hybridized carbons (Fsp3) is 0.917. The average molecular weight is 230 g/mol. The van der Waals surface area contributed by atoms with Gasteiger partial charge < -0.3 is 15.4 Å². The van der Waals surface area contributed by atoms with Crippen molar-refractivity contribution in [3.05, 3.63) is 0 Å². The minimum absolute atomic E-state index is 0.0700. The quantitative estimate of drug-likeness (QED) is 0.554. The van der Waals surface area contributed by atoms with Crippen LogP contribution in [-0.2, 0) is 9.53 Å². The van der Waals surface area contributed by atoms with E-state index in [1.54, 1.807) is 7.11 Å². The number of carbonyl (C=O) groups is 1. The Kier molecular flexibility index (Phi) is 10.5. The summed E-state index contributed by atoms with van der Waals surface area (Å²) in [5.74, 6) is 0.810. The van der Waals surface area contributed by atoms with Crippen molar-refractivity contribution in [1.82, 2.24) is 10.6 Å². The van der Waals surface area contributed by atoms with Gasteiger partial charge in [-0.3, -0.25) is 4.79 Å². The van der Waals surface area contributed by atoms with Crippen LogP contribution in [0.15, 0.2) is 0 Å². The molecule has 4 heteroatoms. The lowest BCUT2D eigenvalue weighted by atomic mass is 10.1. The van der Waals surface area contributed by atoms with Crippen LogP contribution in [0.3, 0.4) is 0 Å². The lowest BCUT2D eigenvalue weighted by molar-refractivity contribution is -0.120. The van der Waals surface area contributed by atoms with E-state index in [9.17, 15) is 4.79 Å². The SMILES string of the molecule is COCCCNC(=O)CNCCCC(C)C. The van der Waals surface area contributed by atoms with Crippen LogP contribution in [0.1, 0.15) is 33.1 Å². The van der Waals surface area contributed by atoms with Gasteiger partial charge >= 0.3 is 0 Å². The molecule has 0 heterocycles. The monoisotopic (exact) mass is 230 g/mol. The van der Waals surface area contributed by atoms with Crippen molar-refractivity contribution in [1.29, 1.82) is 0 Å². The Bertz CT molecular complexity index is 172. The normalized spacial score (nSPS) is 10.8. The van der Waals surface area contributed by atoms with Crippen molar-refractivity contribution in [2.45, 2.75) is 33.1 Å². The molecule has 0 aromatic rings. The van der Waals surface area contributed by atoms with E-state index in [-0.39, 0.29) is 5.91 Å². The van der Waals surface area contributed by atoms with E-state index in [0.29, 0.717) is 19.7 Å². The zero-order valence-corrected chi connectivity index (χ0v) is 10.8. The molecular weight excluding hydrogens is 204 g/mol. The summed E-state index contributed by atoms with van der Waals surface area (Å²) < 4.78 is 4.89. The summed E-state index contributed by atoms with van der Waals surface area (Å²) in [6.07, 6.45) is 3.21. The van der Waals surface area contributed by atoms with E-state index in [0.717, 1.165) is 25.3 Å². The van der Waals surface area contributed by atoms with Gasteiger partial charge in [0.15, 0.2) is 0 Å². The van der Waals surface area contributed by atoms with Gasteiger partial charge in [0, 0.05) is 20.3 Å². The second-order valence-electron chi connectivity index (χ2n) is 4.41. The number of nitrogens with one attached hydrogen (secondary N) is 2. The minimum Gasteiger partial charge on any atom is -0.385 e. The summed E-state index contributed by atoms with van der Waals surface area (Å²) >= 11 is 0. The first-order valence-corrected chi connectivity index (χ1v) is 6.13. The molecule has 0 aliphatic rings. The highest BCUT2D eigenvalue weighted by molar-refractivity contribution is 5.77. The van der Waals surface area contributed by atoms with E-state index in [2.05, 4.69) is 24.5 Å². The number of hydrogen-bond donors (Lipinski definition) is 2. The first kappa shape index (κ1) is 15.4. The number of hydrogen-bond acceptors (Lipinski definition) is 3. The third-order valence-corrected chi connectivity index (χ3v) is 2.27. The summed E-state index contributed by atoms with van der Waals surface area (Å²) in [5.41, 5.74) is 0. The molecule has 96 valence electrons. The second-order valence-corrected chi connectivity index (χ2v) is 4.41. The minimum atomic E-state index is 0.0700. The third-order valence-electron chi connectivity index (χ3n) is 2.27. The van der Waals surface area contributed by atoms with Crippen molar-refractivity contribution >= 4 is 5.91 Å². The van der Waals surface area contributed by atoms with Gasteiger partial charge in [-0.05, 0) is 31.7 Å². The number of amides is 1. The van der Waals surface area contributed by atoms with Gasteiger partial charge in [0.05, 0.1) is 6.54 Å². The van der Waals surface area contributed by atoms with Crippen molar-refractivity contribution in [3.63, 3.8) is 0 Å². The maximum absolute atomic E-state index is 11.3. The molecule has 0 fully saturated rings. The maximum atomic E-state index is 11.3. The fourth-order valence-electron chi connectivity index (χ4n) is 1.34. The molecule has 0 saturated heterocycles. The molecule has 0 saturated carbocycles. The first-order valence-electron chi connectivity index (χ1n) is 6.13. The van der Waals surface area contributed by atoms with Crippen molar-refractivity contribution in [2.75, 3.05) is 33.4 Å². The first-order chi connectivity index (χ1) is 7.66. The Morgan fingerprint density at radius 2 is 2.00 bits per heavy atom. The van der Waals surface area contributed by atoms with Gasteiger partial charge in [-0.25, -0.2) is 0 Å². The molecule has 16 heavy (non-hydrogen) atoms. The Morgan fingerprint density at radius 1 is 1.25 bits per heavy atom. The molecule has 0 spiro atoms. The van der Waals surface area contributed by atoms with E-state index >= 15 is 0 Å². The predicted molar refractivity (Wildman–Crippen MR) is 66.4 cm³/mol. The molecule has 0 atom stereocenters. The summed E-state index contributed by atoms with van der Waals surface area (Å²) in [7, 11) is 1.66. The van der Waals surface area contributed by atoms with Crippen LogP contribution in [0.25, 0.3) is 0 Å². The van der Waals surface area contributed by atoms with Crippen molar-refractivity contribution in [3.8, 4) is 0 Å². The Balaban J connectivity index is 3.17. The van der Waals surface area contributed by atoms with Gasteiger partial charge in [0.2, 0.25) is 5.91 Å². The topological polar surface area (TPSA) is 50.4 Å². The Morgan fingerprint density at radius 3 is 2.62 bits per heavy atom. The standard InChI is InChI=1S/C12H26N2O2/c1-11(2)6-4-7-13-10-12(15)14-8-5-9-16-3/h11,13H,4-10H2,1-3H3,(H,14,15). The predicted octanol–water partition coefficient (Wildman–Crippen LogP) is 1.16. The molecule has 0 bridgehead atoms. The van der Waals surface area contributed by atoms with Crippen LogP contribution in [-0.4, -0.2) is 39.3 Å². The second kappa shape index (κ2) is 10.9. The summed E-state index contributed by atoms with van der Waals surface area (Å²) in [6.45, 7) is 7.15. The van der Waals surface area contributed by atoms with Crippen molar-refractivity contribution < 1.29 is 9.53 Å². The van der Waals surface area contributed by atoms with Crippen LogP contribution >= 0.6 is 0 Å². The van der Waals surface area contributed by atoms with E-state index in [4.69, 9.17) is 4.74 Å². The molecule has 0 aromatic carbocycles.